The zero-order valence-corrected chi connectivity index (χ0v) is 45.3. The SMILES string of the molecule is CC[C@H]1OC(=O)[C@H](C)[C@@H](O[C@H]2C[C@@](C)(OC)[C@@H](O)[C@H](C)O2)[C@H](C)[C@@H](O[C@@H]2O[C@H](C)C[C@H](N(C)CCc3cn([C@H](CF)Cc4ccc(S(=O)(=O)NC)cc4)nn3)[C@H]2O)[C@H](O)C[C@@H](C)CN(C)[C@H](C)[C@@H](O)[C@]1(C)O. The highest BCUT2D eigenvalue weighted by Gasteiger charge is 2.51. The highest BCUT2D eigenvalue weighted by Crippen LogP contribution is 2.38. The first-order valence-electron chi connectivity index (χ1n) is 25.4. The van der Waals surface area contributed by atoms with Crippen LogP contribution in [0.2, 0.25) is 0 Å². The number of hydrogen-bond donors (Lipinski definition) is 6. The van der Waals surface area contributed by atoms with E-state index < -0.39 is 131 Å². The van der Waals surface area contributed by atoms with Crippen molar-refractivity contribution < 1.29 is 71.6 Å². The summed E-state index contributed by atoms with van der Waals surface area (Å²) in [6.07, 6.45) is -8.25. The van der Waals surface area contributed by atoms with Crippen LogP contribution in [0.4, 0.5) is 4.39 Å². The maximum absolute atomic E-state index is 14.4. The Hall–Kier alpha value is -2.81. The minimum absolute atomic E-state index is 0.0816. The summed E-state index contributed by atoms with van der Waals surface area (Å²) in [6.45, 7) is 15.7. The summed E-state index contributed by atoms with van der Waals surface area (Å²) in [4.78, 5) is 18.4. The van der Waals surface area contributed by atoms with Crippen molar-refractivity contribution in [2.45, 2.75) is 203 Å². The van der Waals surface area contributed by atoms with Crippen LogP contribution in [-0.2, 0) is 56.1 Å². The molecule has 3 aliphatic heterocycles. The number of aliphatic hydroxyl groups is 5. The molecule has 19 atom stereocenters. The topological polar surface area (TPSA) is 257 Å². The van der Waals surface area contributed by atoms with Crippen molar-refractivity contribution >= 4 is 16.0 Å². The van der Waals surface area contributed by atoms with Crippen molar-refractivity contribution in [2.75, 3.05) is 48.0 Å². The Bertz CT molecular complexity index is 2130. The summed E-state index contributed by atoms with van der Waals surface area (Å²) < 4.78 is 80.5. The number of sulfonamides is 1. The summed E-state index contributed by atoms with van der Waals surface area (Å²) in [6, 6.07) is 4.47. The second-order valence-electron chi connectivity index (χ2n) is 21.3. The Balaban J connectivity index is 1.40. The number of benzene rings is 1. The van der Waals surface area contributed by atoms with Crippen molar-refractivity contribution in [3.63, 3.8) is 0 Å². The second kappa shape index (κ2) is 25.4. The predicted octanol–water partition coefficient (Wildman–Crippen LogP) is 2.38. The number of halogens is 1. The van der Waals surface area contributed by atoms with Crippen LogP contribution >= 0.6 is 0 Å². The fraction of sp³-hybridized carbons (Fsp3) is 0.820. The predicted molar refractivity (Wildman–Crippen MR) is 264 cm³/mol. The van der Waals surface area contributed by atoms with Crippen LogP contribution in [0.15, 0.2) is 35.4 Å². The van der Waals surface area contributed by atoms with Crippen molar-refractivity contribution in [3.8, 4) is 0 Å². The molecule has 22 heteroatoms. The van der Waals surface area contributed by atoms with Gasteiger partial charge in [-0.2, -0.15) is 0 Å². The van der Waals surface area contributed by atoms with E-state index in [2.05, 4.69) is 15.0 Å². The molecule has 0 aliphatic carbocycles. The third kappa shape index (κ3) is 14.2. The summed E-state index contributed by atoms with van der Waals surface area (Å²) >= 11 is 0. The summed E-state index contributed by atoms with van der Waals surface area (Å²) in [5, 5.41) is 67.5. The minimum atomic E-state index is -3.62. The third-order valence-electron chi connectivity index (χ3n) is 15.6. The summed E-state index contributed by atoms with van der Waals surface area (Å²) in [5.41, 5.74) is -1.61. The van der Waals surface area contributed by atoms with E-state index in [9.17, 15) is 43.1 Å². The molecule has 412 valence electrons. The lowest BCUT2D eigenvalue weighted by Gasteiger charge is -2.47. The number of hydrogen-bond acceptors (Lipinski definition) is 18. The molecule has 1 aromatic carbocycles. The molecular formula is C50H85FN6O14S. The minimum Gasteiger partial charge on any atom is -0.459 e. The van der Waals surface area contributed by atoms with Gasteiger partial charge in [-0.05, 0) is 112 Å². The number of cyclic esters (lactones) is 1. The Labute approximate surface area is 425 Å². The number of carbonyl (C=O) groups is 1. The first-order valence-corrected chi connectivity index (χ1v) is 26.9. The van der Waals surface area contributed by atoms with Crippen LogP contribution in [0.1, 0.15) is 105 Å². The van der Waals surface area contributed by atoms with Gasteiger partial charge in [0.15, 0.2) is 12.6 Å². The van der Waals surface area contributed by atoms with Gasteiger partial charge in [-0.1, -0.05) is 38.1 Å². The lowest BCUT2D eigenvalue weighted by atomic mass is 9.83. The van der Waals surface area contributed by atoms with Crippen LogP contribution in [0.3, 0.4) is 0 Å². The molecule has 0 radical (unpaired) electrons. The number of aliphatic hydroxyl groups excluding tert-OH is 4. The average molecular weight is 1050 g/mol. The van der Waals surface area contributed by atoms with Gasteiger partial charge in [0.1, 0.15) is 36.7 Å². The fourth-order valence-corrected chi connectivity index (χ4v) is 11.4. The van der Waals surface area contributed by atoms with Crippen molar-refractivity contribution in [1.82, 2.24) is 29.5 Å². The zero-order valence-electron chi connectivity index (χ0n) is 44.5. The zero-order chi connectivity index (χ0) is 53.6. The number of esters is 1. The lowest BCUT2D eigenvalue weighted by Crippen LogP contribution is -2.59. The number of nitrogens with one attached hydrogen (secondary N) is 1. The quantitative estimate of drug-likeness (QED) is 0.132. The number of methoxy groups -OCH3 is 1. The van der Waals surface area contributed by atoms with Gasteiger partial charge in [0.05, 0.1) is 58.7 Å². The number of ether oxygens (including phenoxy) is 6. The van der Waals surface area contributed by atoms with Gasteiger partial charge in [0, 0.05) is 57.2 Å². The molecule has 3 saturated heterocycles. The van der Waals surface area contributed by atoms with Crippen LogP contribution in [0.25, 0.3) is 0 Å². The van der Waals surface area contributed by atoms with E-state index in [1.807, 2.05) is 37.7 Å². The highest BCUT2D eigenvalue weighted by atomic mass is 32.2. The number of nitrogens with zero attached hydrogens (tertiary/aromatic N) is 5. The molecule has 6 N–H and O–H groups in total. The smallest absolute Gasteiger partial charge is 0.311 e. The van der Waals surface area contributed by atoms with E-state index in [1.165, 1.54) is 37.9 Å². The number of carbonyl (C=O) groups excluding carboxylic acids is 1. The van der Waals surface area contributed by atoms with Gasteiger partial charge in [0.2, 0.25) is 10.0 Å². The van der Waals surface area contributed by atoms with E-state index in [0.29, 0.717) is 31.6 Å². The van der Waals surface area contributed by atoms with Crippen LogP contribution < -0.4 is 4.72 Å². The molecule has 0 bridgehead atoms. The lowest BCUT2D eigenvalue weighted by molar-refractivity contribution is -0.311. The van der Waals surface area contributed by atoms with E-state index in [4.69, 9.17) is 28.4 Å². The molecule has 0 saturated carbocycles. The van der Waals surface area contributed by atoms with Gasteiger partial charge < -0.3 is 63.8 Å². The van der Waals surface area contributed by atoms with Gasteiger partial charge in [0.25, 0.3) is 0 Å². The van der Waals surface area contributed by atoms with Gasteiger partial charge in [-0.15, -0.1) is 5.10 Å². The van der Waals surface area contributed by atoms with Crippen LogP contribution in [0.5, 0.6) is 0 Å². The van der Waals surface area contributed by atoms with Crippen LogP contribution in [-0.4, -0.2) is 204 Å². The maximum atomic E-state index is 14.4. The molecule has 0 amide bonds. The van der Waals surface area contributed by atoms with Gasteiger partial charge in [-0.25, -0.2) is 22.2 Å². The van der Waals surface area contributed by atoms with Crippen LogP contribution in [0, 0.1) is 17.8 Å². The first kappa shape index (κ1) is 60.1. The molecule has 4 heterocycles. The normalized spacial score (nSPS) is 38.8. The first-order chi connectivity index (χ1) is 33.7. The Morgan fingerprint density at radius 2 is 1.67 bits per heavy atom. The van der Waals surface area contributed by atoms with E-state index in [-0.39, 0.29) is 36.5 Å². The molecular weight excluding hydrogens is 960 g/mol. The molecule has 20 nitrogen and oxygen atoms in total. The second-order valence-corrected chi connectivity index (χ2v) is 23.2. The number of likely N-dealkylation sites (N-methyl/N-ethyl adjacent to an activating group) is 2. The van der Waals surface area contributed by atoms with Crippen molar-refractivity contribution in [2.24, 2.45) is 17.8 Å². The Morgan fingerprint density at radius 1 is 1.00 bits per heavy atom. The Kier molecular flexibility index (Phi) is 21.1. The average Bonchev–Trinajstić information content (AvgIpc) is 3.82. The highest BCUT2D eigenvalue weighted by molar-refractivity contribution is 7.89. The summed E-state index contributed by atoms with van der Waals surface area (Å²) in [5.74, 6) is -2.83. The van der Waals surface area contributed by atoms with Gasteiger partial charge >= 0.3 is 5.97 Å². The molecule has 0 spiro atoms. The molecule has 1 aromatic heterocycles. The molecule has 3 fully saturated rings. The summed E-state index contributed by atoms with van der Waals surface area (Å²) in [7, 11) is 2.88. The molecule has 2 aromatic rings. The molecule has 5 rings (SSSR count). The third-order valence-corrected chi connectivity index (χ3v) is 17.0. The van der Waals surface area contributed by atoms with Crippen molar-refractivity contribution in [3.05, 3.63) is 41.7 Å². The van der Waals surface area contributed by atoms with E-state index in [0.717, 1.165) is 5.56 Å². The standard InChI is InChI=1S/C50H85FN6O14S/c1-14-40-50(9,63)45(60)32(6)56(12)26-28(2)21-39(58)44(30(4)43(31(5)47(62)69-40)70-41-24-49(8,66-13)46(61)33(7)68-41)71-48-42(59)38(22-29(3)67-48)55(11)20-19-35-27-57(54-53-35)36(25-51)23-34-15-17-37(18-16-34)72(64,65)52-10/h15-18,27-33,36,38-46,48,52,58-61,63H,14,19-26H2,1-13H3/t28-,29-,30+,31-,32-,33+,36+,38+,39-,40-,41+,42-,43+,44-,45-,46+,48+,49-,50-/m1/s1. The fourth-order valence-electron chi connectivity index (χ4n) is 10.6. The monoisotopic (exact) mass is 1040 g/mol. The molecule has 0 unspecified atom stereocenters. The Morgan fingerprint density at radius 3 is 2.28 bits per heavy atom. The van der Waals surface area contributed by atoms with Crippen molar-refractivity contribution in [1.29, 1.82) is 0 Å². The number of alkyl halides is 1. The van der Waals surface area contributed by atoms with Gasteiger partial charge in [-0.3, -0.25) is 4.79 Å². The maximum Gasteiger partial charge on any atom is 0.311 e. The van der Waals surface area contributed by atoms with E-state index in [1.54, 1.807) is 59.9 Å². The van der Waals surface area contributed by atoms with E-state index >= 15 is 0 Å². The largest absolute Gasteiger partial charge is 0.459 e. The molecule has 72 heavy (non-hydrogen) atoms. The molecule has 3 aliphatic rings. The number of rotatable bonds is 16. The number of aromatic nitrogens is 3.